The maximum absolute atomic E-state index is 5.75. The standard InChI is InChI=1S/C39H26N4.CH4/c1-5-13-27(14-6-1)31-21-23-35-33(25-31)34-26-32(28-15-7-2-8-16-28)22-24-36(34)43(35)39-41-37(29-17-9-3-10-18-29)40-38(42-39)30-19-11-4-12-20-30;/h1-26H;1H4/i;1T. The predicted octanol–water partition coefficient (Wildman–Crippen LogP) is 10.3. The Morgan fingerprint density at radius 3 is 1.14 bits per heavy atom. The van der Waals surface area contributed by atoms with E-state index in [-0.39, 0.29) is 0 Å². The number of hydrogen-bond donors (Lipinski definition) is 0. The molecule has 8 rings (SSSR count). The first-order chi connectivity index (χ1) is 22.3. The molecule has 0 bridgehead atoms. The van der Waals surface area contributed by atoms with Crippen molar-refractivity contribution in [1.82, 2.24) is 19.5 Å². The molecule has 2 heterocycles. The van der Waals surface area contributed by atoms with Gasteiger partial charge in [-0.1, -0.05) is 141 Å². The van der Waals surface area contributed by atoms with Crippen LogP contribution in [-0.2, 0) is 0 Å². The topological polar surface area (TPSA) is 43.6 Å². The van der Waals surface area contributed by atoms with Crippen LogP contribution in [0.1, 0.15) is 8.77 Å². The highest BCUT2D eigenvalue weighted by atomic mass is 15.2. The molecular weight excluding hydrogens is 536 g/mol. The monoisotopic (exact) mass is 568 g/mol. The summed E-state index contributed by atoms with van der Waals surface area (Å²) >= 11 is 0. The van der Waals surface area contributed by atoms with Gasteiger partial charge in [-0.05, 0) is 46.5 Å². The van der Waals surface area contributed by atoms with Gasteiger partial charge in [-0.25, -0.2) is 4.98 Å². The van der Waals surface area contributed by atoms with Crippen LogP contribution < -0.4 is 0 Å². The Labute approximate surface area is 258 Å². The number of benzene rings is 6. The van der Waals surface area contributed by atoms with E-state index in [0.29, 0.717) is 17.6 Å². The van der Waals surface area contributed by atoms with Crippen molar-refractivity contribution in [3.8, 4) is 51.0 Å². The maximum atomic E-state index is 5.75. The van der Waals surface area contributed by atoms with E-state index in [4.69, 9.17) is 16.3 Å². The van der Waals surface area contributed by atoms with Gasteiger partial charge in [0.15, 0.2) is 11.6 Å². The van der Waals surface area contributed by atoms with Gasteiger partial charge in [0.1, 0.15) is 0 Å². The minimum atomic E-state index is 0.590. The van der Waals surface area contributed by atoms with Gasteiger partial charge >= 0.3 is 0 Å². The minimum absolute atomic E-state index is 0.590. The Hall–Kier alpha value is -5.87. The molecule has 0 saturated heterocycles. The average Bonchev–Trinajstić information content (AvgIpc) is 3.47. The molecule has 2 aromatic heterocycles. The van der Waals surface area contributed by atoms with E-state index in [1.807, 2.05) is 60.7 Å². The zero-order valence-electron chi connectivity index (χ0n) is 25.3. The van der Waals surface area contributed by atoms with E-state index in [1.165, 1.54) is 29.7 Å². The molecule has 0 unspecified atom stereocenters. The second-order valence-electron chi connectivity index (χ2n) is 10.5. The first kappa shape index (κ1) is 25.8. The second-order valence-corrected chi connectivity index (χ2v) is 10.5. The van der Waals surface area contributed by atoms with Crippen LogP contribution in [-0.4, -0.2) is 19.5 Å². The van der Waals surface area contributed by atoms with Crippen LogP contribution >= 0.6 is 0 Å². The highest BCUT2D eigenvalue weighted by Crippen LogP contribution is 2.37. The van der Waals surface area contributed by atoms with Gasteiger partial charge in [0.25, 0.3) is 0 Å². The van der Waals surface area contributed by atoms with Crippen molar-refractivity contribution >= 4 is 21.8 Å². The number of rotatable bonds is 5. The molecule has 44 heavy (non-hydrogen) atoms. The van der Waals surface area contributed by atoms with Crippen LogP contribution in [0.5, 0.6) is 0 Å². The molecule has 0 spiro atoms. The lowest BCUT2D eigenvalue weighted by molar-refractivity contribution is 0.953. The van der Waals surface area contributed by atoms with Gasteiger partial charge < -0.3 is 0 Å². The van der Waals surface area contributed by atoms with Crippen molar-refractivity contribution < 1.29 is 1.37 Å². The van der Waals surface area contributed by atoms with Gasteiger partial charge in [0, 0.05) is 23.3 Å². The Balaban J connectivity index is 0.00000160. The van der Waals surface area contributed by atoms with Crippen molar-refractivity contribution in [2.75, 3.05) is 0 Å². The van der Waals surface area contributed by atoms with Crippen molar-refractivity contribution in [3.63, 3.8) is 0 Å². The number of fused-ring (bicyclic) bond motifs is 3. The van der Waals surface area contributed by atoms with Crippen LogP contribution in [0.2, 0.25) is 0 Å². The van der Waals surface area contributed by atoms with Gasteiger partial charge in [-0.15, -0.1) is 0 Å². The molecule has 0 aliphatic rings. The van der Waals surface area contributed by atoms with Crippen molar-refractivity contribution in [2.45, 2.75) is 7.40 Å². The van der Waals surface area contributed by atoms with Crippen LogP contribution in [0.3, 0.4) is 0 Å². The summed E-state index contributed by atoms with van der Waals surface area (Å²) in [7, 11) is 1.25. The fourth-order valence-corrected chi connectivity index (χ4v) is 5.76. The lowest BCUT2D eigenvalue weighted by Gasteiger charge is -2.11. The third kappa shape index (κ3) is 4.83. The number of hydrogen-bond acceptors (Lipinski definition) is 3. The lowest BCUT2D eigenvalue weighted by Crippen LogP contribution is -2.06. The van der Waals surface area contributed by atoms with E-state index >= 15 is 0 Å². The molecule has 4 nitrogen and oxygen atoms in total. The third-order valence-electron chi connectivity index (χ3n) is 7.87. The fourth-order valence-electron chi connectivity index (χ4n) is 5.76. The first-order valence-corrected chi connectivity index (χ1v) is 14.4. The van der Waals surface area contributed by atoms with E-state index in [2.05, 4.69) is 102 Å². The Bertz CT molecular complexity index is 2060. The minimum Gasteiger partial charge on any atom is -0.278 e. The smallest absolute Gasteiger partial charge is 0.238 e. The summed E-state index contributed by atoms with van der Waals surface area (Å²) in [6.45, 7) is 0. The summed E-state index contributed by atoms with van der Waals surface area (Å²) < 4.78 is 7.93. The largest absolute Gasteiger partial charge is 0.278 e. The summed E-state index contributed by atoms with van der Waals surface area (Å²) in [6.07, 6.45) is 0. The molecule has 8 aromatic rings. The zero-order chi connectivity index (χ0) is 30.6. The molecule has 6 aromatic carbocycles. The average molecular weight is 569 g/mol. The molecule has 0 aliphatic carbocycles. The van der Waals surface area contributed by atoms with Crippen LogP contribution in [0.15, 0.2) is 158 Å². The highest BCUT2D eigenvalue weighted by Gasteiger charge is 2.19. The SMILES string of the molecule is [3H]C.c1ccc(-c2ccc3c(c2)c2cc(-c4ccccc4)ccc2n3-c2nc(-c3ccccc3)nc(-c3ccccc3)n2)cc1. The molecule has 210 valence electrons. The summed E-state index contributed by atoms with van der Waals surface area (Å²) in [6, 6.07) is 54.6. The fraction of sp³-hybridized carbons (Fsp3) is 0.0250. The first-order valence-electron chi connectivity index (χ1n) is 15.4. The van der Waals surface area contributed by atoms with Crippen LogP contribution in [0, 0.1) is 0 Å². The summed E-state index contributed by atoms with van der Waals surface area (Å²) in [5.74, 6) is 1.87. The molecule has 0 N–H and O–H groups in total. The second kappa shape index (κ2) is 11.4. The van der Waals surface area contributed by atoms with E-state index in [0.717, 1.165) is 32.9 Å². The normalized spacial score (nSPS) is 11.2. The Morgan fingerprint density at radius 1 is 0.386 bits per heavy atom. The quantitative estimate of drug-likeness (QED) is 0.207. The van der Waals surface area contributed by atoms with Crippen LogP contribution in [0.4, 0.5) is 0 Å². The maximum Gasteiger partial charge on any atom is 0.238 e. The third-order valence-corrected chi connectivity index (χ3v) is 7.87. The van der Waals surface area contributed by atoms with E-state index in [1.54, 1.807) is 0 Å². The predicted molar refractivity (Wildman–Crippen MR) is 183 cm³/mol. The van der Waals surface area contributed by atoms with Crippen molar-refractivity contribution in [2.24, 2.45) is 0 Å². The Morgan fingerprint density at radius 2 is 0.750 bits per heavy atom. The summed E-state index contributed by atoms with van der Waals surface area (Å²) in [5, 5.41) is 2.30. The zero-order valence-corrected chi connectivity index (χ0v) is 24.3. The lowest BCUT2D eigenvalue weighted by atomic mass is 10.0. The molecule has 0 fully saturated rings. The van der Waals surface area contributed by atoms with E-state index < -0.39 is 0 Å². The molecule has 0 aliphatic heterocycles. The van der Waals surface area contributed by atoms with Gasteiger partial charge in [-0.3, -0.25) is 4.57 Å². The van der Waals surface area contributed by atoms with Gasteiger partial charge in [0.2, 0.25) is 5.95 Å². The number of nitrogens with zero attached hydrogens (tertiary/aromatic N) is 4. The van der Waals surface area contributed by atoms with Gasteiger partial charge in [0.05, 0.1) is 11.0 Å². The molecule has 0 radical (unpaired) electrons. The number of aromatic nitrogens is 4. The van der Waals surface area contributed by atoms with Gasteiger partial charge in [-0.2, -0.15) is 9.97 Å². The summed E-state index contributed by atoms with van der Waals surface area (Å²) in [4.78, 5) is 15.1. The molecular formula is C40H30N4. The molecule has 0 atom stereocenters. The van der Waals surface area contributed by atoms with E-state index in [9.17, 15) is 0 Å². The molecule has 0 saturated carbocycles. The Kier molecular flexibility index (Phi) is 6.70. The van der Waals surface area contributed by atoms with Crippen molar-refractivity contribution in [3.05, 3.63) is 158 Å². The van der Waals surface area contributed by atoms with Crippen LogP contribution in [0.25, 0.3) is 72.8 Å². The molecule has 4 heteroatoms. The van der Waals surface area contributed by atoms with Crippen molar-refractivity contribution in [1.29, 1.82) is 0 Å². The summed E-state index contributed by atoms with van der Waals surface area (Å²) in [5.41, 5.74) is 8.69. The molecule has 0 amide bonds. The highest BCUT2D eigenvalue weighted by molar-refractivity contribution is 6.11.